The second-order valence-electron chi connectivity index (χ2n) is 5.64. The number of primary amides is 1. The van der Waals surface area contributed by atoms with Crippen molar-refractivity contribution in [1.82, 2.24) is 9.97 Å². The zero-order valence-corrected chi connectivity index (χ0v) is 13.5. The highest BCUT2D eigenvalue weighted by atomic mass is 16.5. The van der Waals surface area contributed by atoms with Crippen molar-refractivity contribution in [1.29, 1.82) is 0 Å². The molecule has 0 fully saturated rings. The van der Waals surface area contributed by atoms with E-state index < -0.39 is 11.7 Å². The summed E-state index contributed by atoms with van der Waals surface area (Å²) in [7, 11) is 0. The highest BCUT2D eigenvalue weighted by Gasteiger charge is 2.34. The van der Waals surface area contributed by atoms with E-state index >= 15 is 0 Å². The molecule has 26 heavy (non-hydrogen) atoms. The first kappa shape index (κ1) is 15.6. The SMILES string of the molecule is NC(=O)C1=C(Nc2ccccc2)OC(=Cc2c[nH]c3ncccc23)C1=O. The van der Waals surface area contributed by atoms with Crippen molar-refractivity contribution in [3.63, 3.8) is 0 Å². The number of aromatic amines is 1. The van der Waals surface area contributed by atoms with E-state index in [-0.39, 0.29) is 17.2 Å². The smallest absolute Gasteiger partial charge is 0.258 e. The average molecular weight is 346 g/mol. The van der Waals surface area contributed by atoms with E-state index in [1.807, 2.05) is 24.3 Å². The van der Waals surface area contributed by atoms with Crippen molar-refractivity contribution in [2.45, 2.75) is 0 Å². The number of Topliss-reactive ketones (excluding diaryl/α,β-unsaturated/α-hetero) is 1. The fraction of sp³-hybridized carbons (Fsp3) is 0. The highest BCUT2D eigenvalue weighted by molar-refractivity contribution is 6.27. The number of amides is 1. The number of ether oxygens (including phenoxy) is 1. The fourth-order valence-corrected chi connectivity index (χ4v) is 2.73. The number of nitrogens with one attached hydrogen (secondary N) is 2. The van der Waals surface area contributed by atoms with Gasteiger partial charge >= 0.3 is 0 Å². The van der Waals surface area contributed by atoms with Crippen molar-refractivity contribution in [3.05, 3.63) is 77.6 Å². The Morgan fingerprint density at radius 1 is 1.19 bits per heavy atom. The molecule has 1 aliphatic heterocycles. The van der Waals surface area contributed by atoms with Crippen molar-refractivity contribution < 1.29 is 14.3 Å². The van der Waals surface area contributed by atoms with Crippen LogP contribution in [0.25, 0.3) is 17.1 Å². The van der Waals surface area contributed by atoms with Crippen LogP contribution >= 0.6 is 0 Å². The lowest BCUT2D eigenvalue weighted by molar-refractivity contribution is -0.119. The van der Waals surface area contributed by atoms with E-state index in [0.29, 0.717) is 11.3 Å². The third-order valence-corrected chi connectivity index (χ3v) is 3.94. The number of anilines is 1. The monoisotopic (exact) mass is 346 g/mol. The van der Waals surface area contributed by atoms with Gasteiger partial charge in [0.05, 0.1) is 0 Å². The largest absolute Gasteiger partial charge is 0.436 e. The zero-order valence-electron chi connectivity index (χ0n) is 13.5. The van der Waals surface area contributed by atoms with Crippen molar-refractivity contribution in [3.8, 4) is 0 Å². The number of hydrogen-bond donors (Lipinski definition) is 3. The number of nitrogens with zero attached hydrogens (tertiary/aromatic N) is 1. The Kier molecular flexibility index (Phi) is 3.74. The van der Waals surface area contributed by atoms with Crippen molar-refractivity contribution in [2.75, 3.05) is 5.32 Å². The second-order valence-corrected chi connectivity index (χ2v) is 5.64. The molecule has 7 heteroatoms. The van der Waals surface area contributed by atoms with Crippen LogP contribution in [0.5, 0.6) is 0 Å². The van der Waals surface area contributed by atoms with Crippen LogP contribution < -0.4 is 11.1 Å². The molecule has 3 aromatic rings. The number of para-hydroxylation sites is 1. The Hall–Kier alpha value is -3.87. The lowest BCUT2D eigenvalue weighted by Gasteiger charge is -2.07. The molecule has 1 aliphatic rings. The predicted octanol–water partition coefficient (Wildman–Crippen LogP) is 2.31. The number of rotatable bonds is 4. The number of carbonyl (C=O) groups is 2. The van der Waals surface area contributed by atoms with Crippen molar-refractivity contribution in [2.24, 2.45) is 5.73 Å². The fourth-order valence-electron chi connectivity index (χ4n) is 2.73. The molecule has 2 aromatic heterocycles. The van der Waals surface area contributed by atoms with Gasteiger partial charge in [-0.3, -0.25) is 9.59 Å². The maximum atomic E-state index is 12.6. The maximum absolute atomic E-state index is 12.6. The summed E-state index contributed by atoms with van der Waals surface area (Å²) in [6.07, 6.45) is 4.95. The third-order valence-electron chi connectivity index (χ3n) is 3.94. The molecule has 1 aromatic carbocycles. The average Bonchev–Trinajstić information content (AvgIpc) is 3.18. The molecule has 0 atom stereocenters. The first-order chi connectivity index (χ1) is 12.6. The lowest BCUT2D eigenvalue weighted by atomic mass is 10.1. The topological polar surface area (TPSA) is 110 Å². The Balaban J connectivity index is 1.70. The lowest BCUT2D eigenvalue weighted by Crippen LogP contribution is -2.20. The number of aromatic nitrogens is 2. The van der Waals surface area contributed by atoms with E-state index in [1.165, 1.54) is 0 Å². The Labute approximate surface area is 148 Å². The summed E-state index contributed by atoms with van der Waals surface area (Å²) in [5.41, 5.74) is 7.25. The molecule has 0 bridgehead atoms. The van der Waals surface area contributed by atoms with Crippen LogP contribution in [0, 0.1) is 0 Å². The maximum Gasteiger partial charge on any atom is 0.258 e. The minimum absolute atomic E-state index is 0.0157. The number of nitrogens with two attached hydrogens (primary N) is 1. The van der Waals surface area contributed by atoms with E-state index in [4.69, 9.17) is 10.5 Å². The van der Waals surface area contributed by atoms with Gasteiger partial charge in [-0.15, -0.1) is 0 Å². The second kappa shape index (κ2) is 6.21. The number of benzene rings is 1. The van der Waals surface area contributed by atoms with Gasteiger partial charge in [-0.2, -0.15) is 0 Å². The molecule has 4 rings (SSSR count). The molecule has 7 nitrogen and oxygen atoms in total. The summed E-state index contributed by atoms with van der Waals surface area (Å²) in [6.45, 7) is 0. The van der Waals surface area contributed by atoms with Gasteiger partial charge in [-0.05, 0) is 30.3 Å². The number of carbonyl (C=O) groups excluding carboxylic acids is 2. The zero-order chi connectivity index (χ0) is 18.1. The summed E-state index contributed by atoms with van der Waals surface area (Å²) < 4.78 is 5.62. The van der Waals surface area contributed by atoms with Gasteiger partial charge in [0.15, 0.2) is 11.3 Å². The highest BCUT2D eigenvalue weighted by Crippen LogP contribution is 2.29. The minimum atomic E-state index is -0.850. The van der Waals surface area contributed by atoms with Crippen LogP contribution in [-0.2, 0) is 14.3 Å². The van der Waals surface area contributed by atoms with Crippen LogP contribution in [0.4, 0.5) is 5.69 Å². The standard InChI is InChI=1S/C19H14N4O3/c20-17(25)15-16(24)14(26-19(15)23-12-5-2-1-3-6-12)9-11-10-22-18-13(11)7-4-8-21-18/h1-10,23H,(H2,20,25)(H,21,22). The molecule has 1 amide bonds. The van der Waals surface area contributed by atoms with Gasteiger partial charge in [0.1, 0.15) is 5.65 Å². The summed E-state index contributed by atoms with van der Waals surface area (Å²) >= 11 is 0. The Bertz CT molecular complexity index is 1080. The van der Waals surface area contributed by atoms with Crippen LogP contribution in [0.2, 0.25) is 0 Å². The summed E-state index contributed by atoms with van der Waals surface area (Å²) in [5, 5.41) is 3.76. The number of fused-ring (bicyclic) bond motifs is 1. The van der Waals surface area contributed by atoms with Gasteiger partial charge in [0.25, 0.3) is 5.91 Å². The molecule has 0 unspecified atom stereocenters. The number of H-pyrrole nitrogens is 1. The van der Waals surface area contributed by atoms with Gasteiger partial charge in [0.2, 0.25) is 11.7 Å². The summed E-state index contributed by atoms with van der Waals surface area (Å²) in [5.74, 6) is -1.37. The molecule has 0 saturated heterocycles. The normalized spacial score (nSPS) is 15.5. The van der Waals surface area contributed by atoms with Crippen LogP contribution in [0.1, 0.15) is 5.56 Å². The van der Waals surface area contributed by atoms with Crippen LogP contribution in [0.15, 0.2) is 72.1 Å². The van der Waals surface area contributed by atoms with E-state index in [9.17, 15) is 9.59 Å². The minimum Gasteiger partial charge on any atom is -0.436 e. The molecule has 4 N–H and O–H groups in total. The summed E-state index contributed by atoms with van der Waals surface area (Å²) in [6, 6.07) is 12.7. The van der Waals surface area contributed by atoms with E-state index in [1.54, 1.807) is 36.7 Å². The van der Waals surface area contributed by atoms with E-state index in [0.717, 1.165) is 10.9 Å². The molecule has 3 heterocycles. The first-order valence-corrected chi connectivity index (χ1v) is 7.86. The molecule has 0 saturated carbocycles. The number of pyridine rings is 1. The molecule has 0 radical (unpaired) electrons. The number of ketones is 1. The molecular weight excluding hydrogens is 332 g/mol. The Morgan fingerprint density at radius 3 is 2.77 bits per heavy atom. The third kappa shape index (κ3) is 2.71. The van der Waals surface area contributed by atoms with Gasteiger partial charge < -0.3 is 20.8 Å². The first-order valence-electron chi connectivity index (χ1n) is 7.86. The van der Waals surface area contributed by atoms with Gasteiger partial charge in [-0.25, -0.2) is 4.98 Å². The van der Waals surface area contributed by atoms with Crippen LogP contribution in [-0.4, -0.2) is 21.7 Å². The molecule has 128 valence electrons. The van der Waals surface area contributed by atoms with Crippen molar-refractivity contribution >= 4 is 34.5 Å². The van der Waals surface area contributed by atoms with E-state index in [2.05, 4.69) is 15.3 Å². The van der Waals surface area contributed by atoms with Gasteiger partial charge in [-0.1, -0.05) is 18.2 Å². The molecule has 0 aliphatic carbocycles. The predicted molar refractivity (Wildman–Crippen MR) is 96.4 cm³/mol. The van der Waals surface area contributed by atoms with Gasteiger partial charge in [0, 0.05) is 29.0 Å². The summed E-state index contributed by atoms with van der Waals surface area (Å²) in [4.78, 5) is 31.6. The van der Waals surface area contributed by atoms with Crippen LogP contribution in [0.3, 0.4) is 0 Å². The molecule has 0 spiro atoms. The molecular formula is C19H14N4O3. The number of allylic oxidation sites excluding steroid dienone is 1. The number of hydrogen-bond acceptors (Lipinski definition) is 5. The quantitative estimate of drug-likeness (QED) is 0.496. The Morgan fingerprint density at radius 2 is 2.00 bits per heavy atom.